The summed E-state index contributed by atoms with van der Waals surface area (Å²) in [6, 6.07) is 0. The average molecular weight is 278 g/mol. The molecular weight excluding hydrogens is 278 g/mol. The summed E-state index contributed by atoms with van der Waals surface area (Å²) in [5.74, 6) is 0. The Morgan fingerprint density at radius 1 is 1.00 bits per heavy atom. The van der Waals surface area contributed by atoms with Gasteiger partial charge in [0, 0.05) is 0 Å². The standard InChI is InChI=1S/Ag.ClH.O.Sn/h;1H;;/q+1;;-2;+2/p-1. The van der Waals surface area contributed by atoms with Crippen molar-refractivity contribution in [2.45, 2.75) is 0 Å². The van der Waals surface area contributed by atoms with Gasteiger partial charge in [0.1, 0.15) is 0 Å². The maximum absolute atomic E-state index is 0. The molecule has 0 aliphatic heterocycles. The first kappa shape index (κ1) is 41.5. The van der Waals surface area contributed by atoms with Crippen molar-refractivity contribution in [1.29, 1.82) is 0 Å². The van der Waals surface area contributed by atoms with Crippen LogP contribution < -0.4 is 12.4 Å². The minimum absolute atomic E-state index is 0. The van der Waals surface area contributed by atoms with E-state index in [1.165, 1.54) is 0 Å². The molecule has 0 fully saturated rings. The van der Waals surface area contributed by atoms with Crippen LogP contribution in [0, 0.1) is 0 Å². The maximum atomic E-state index is 0. The molecule has 28 valence electrons. The van der Waals surface area contributed by atoms with Gasteiger partial charge in [0.05, 0.1) is 0 Å². The molecule has 0 amide bonds. The molecule has 0 aromatic carbocycles. The molecule has 4 heteroatoms. The first-order valence-electron chi connectivity index (χ1n) is 0. The van der Waals surface area contributed by atoms with Crippen LogP contribution in [0.4, 0.5) is 0 Å². The van der Waals surface area contributed by atoms with Crippen LogP contribution in [0.1, 0.15) is 0 Å². The van der Waals surface area contributed by atoms with Gasteiger partial charge in [-0.25, -0.2) is 0 Å². The topological polar surface area (TPSA) is 28.5 Å². The van der Waals surface area contributed by atoms with Gasteiger partial charge in [-0.1, -0.05) is 0 Å². The fraction of sp³-hybridized carbons (Fsp3) is 0. The molecule has 0 heterocycles. The molecule has 0 spiro atoms. The van der Waals surface area contributed by atoms with E-state index in [4.69, 9.17) is 0 Å². The third-order valence-corrected chi connectivity index (χ3v) is 0. The summed E-state index contributed by atoms with van der Waals surface area (Å²) in [6.45, 7) is 0. The van der Waals surface area contributed by atoms with Crippen molar-refractivity contribution < 1.29 is 40.3 Å². The van der Waals surface area contributed by atoms with Crippen LogP contribution in [0.3, 0.4) is 0 Å². The molecule has 0 saturated heterocycles. The van der Waals surface area contributed by atoms with Gasteiger partial charge >= 0.3 is 46.3 Å². The predicted molar refractivity (Wildman–Crippen MR) is 6.44 cm³/mol. The molecule has 0 aromatic rings. The van der Waals surface area contributed by atoms with Crippen molar-refractivity contribution in [3.8, 4) is 0 Å². The SMILES string of the molecule is [Ag+].[Cl-].[O-2].[Sn+2]. The molecule has 0 rings (SSSR count). The summed E-state index contributed by atoms with van der Waals surface area (Å²) in [6.07, 6.45) is 0. The number of hydrogen-bond donors (Lipinski definition) is 0. The third kappa shape index (κ3) is 9.21. The van der Waals surface area contributed by atoms with Crippen LogP contribution in [0.5, 0.6) is 0 Å². The van der Waals surface area contributed by atoms with E-state index in [0.29, 0.717) is 0 Å². The summed E-state index contributed by atoms with van der Waals surface area (Å²) in [5.41, 5.74) is 0. The summed E-state index contributed by atoms with van der Waals surface area (Å²) >= 11 is 0. The average Bonchev–Trinajstić information content (AvgIpc) is 0. The Hall–Kier alpha value is 1.79. The molecule has 0 aromatic heterocycles. The van der Waals surface area contributed by atoms with Crippen LogP contribution in [-0.2, 0) is 27.9 Å². The monoisotopic (exact) mass is 278 g/mol. The van der Waals surface area contributed by atoms with Gasteiger partial charge < -0.3 is 17.9 Å². The summed E-state index contributed by atoms with van der Waals surface area (Å²) in [5, 5.41) is 0. The summed E-state index contributed by atoms with van der Waals surface area (Å²) in [4.78, 5) is 0. The van der Waals surface area contributed by atoms with Crippen LogP contribution in [-0.4, -0.2) is 23.9 Å². The fourth-order valence-electron chi connectivity index (χ4n) is 0. The Labute approximate surface area is 63.7 Å². The smallest absolute Gasteiger partial charge is 2.00 e. The Balaban J connectivity index is 0. The van der Waals surface area contributed by atoms with Gasteiger partial charge in [0.25, 0.3) is 0 Å². The van der Waals surface area contributed by atoms with Crippen LogP contribution in [0.2, 0.25) is 0 Å². The molecule has 0 aliphatic carbocycles. The zero-order chi connectivity index (χ0) is 0. The van der Waals surface area contributed by atoms with Crippen molar-refractivity contribution in [3.63, 3.8) is 0 Å². The molecule has 0 bridgehead atoms. The van der Waals surface area contributed by atoms with E-state index in [1.54, 1.807) is 0 Å². The number of hydrogen-bond acceptors (Lipinski definition) is 0. The Morgan fingerprint density at radius 3 is 1.00 bits per heavy atom. The quantitative estimate of drug-likeness (QED) is 0.412. The largest absolute Gasteiger partial charge is 2.00 e. The van der Waals surface area contributed by atoms with Crippen LogP contribution >= 0.6 is 0 Å². The Bertz CT molecular complexity index is 8.00. The molecular formula is AgClOSn. The van der Waals surface area contributed by atoms with E-state index in [0.717, 1.165) is 0 Å². The van der Waals surface area contributed by atoms with E-state index in [2.05, 4.69) is 0 Å². The number of rotatable bonds is 0. The van der Waals surface area contributed by atoms with Crippen molar-refractivity contribution in [2.75, 3.05) is 0 Å². The van der Waals surface area contributed by atoms with E-state index in [9.17, 15) is 0 Å². The Morgan fingerprint density at radius 2 is 1.00 bits per heavy atom. The van der Waals surface area contributed by atoms with Crippen LogP contribution in [0.15, 0.2) is 0 Å². The molecule has 0 atom stereocenters. The minimum atomic E-state index is 0. The fourth-order valence-corrected chi connectivity index (χ4v) is 0. The van der Waals surface area contributed by atoms with Crippen LogP contribution in [0.25, 0.3) is 0 Å². The molecule has 2 radical (unpaired) electrons. The van der Waals surface area contributed by atoms with Gasteiger partial charge in [0.2, 0.25) is 0 Å². The van der Waals surface area contributed by atoms with Gasteiger partial charge in [-0.15, -0.1) is 0 Å². The summed E-state index contributed by atoms with van der Waals surface area (Å²) < 4.78 is 0. The van der Waals surface area contributed by atoms with Crippen molar-refractivity contribution in [1.82, 2.24) is 0 Å². The van der Waals surface area contributed by atoms with Crippen molar-refractivity contribution in [2.24, 2.45) is 0 Å². The first-order valence-corrected chi connectivity index (χ1v) is 0. The second-order valence-electron chi connectivity index (χ2n) is 0. The molecule has 1 nitrogen and oxygen atoms in total. The second kappa shape index (κ2) is 21.5. The van der Waals surface area contributed by atoms with E-state index < -0.39 is 0 Å². The van der Waals surface area contributed by atoms with Gasteiger partial charge in [-0.3, -0.25) is 0 Å². The summed E-state index contributed by atoms with van der Waals surface area (Å²) in [7, 11) is 0. The van der Waals surface area contributed by atoms with Gasteiger partial charge in [-0.2, -0.15) is 0 Å². The minimum Gasteiger partial charge on any atom is -2.00 e. The molecule has 0 N–H and O–H groups in total. The first-order chi connectivity index (χ1) is 0. The van der Waals surface area contributed by atoms with E-state index in [-0.39, 0.29) is 64.2 Å². The molecule has 0 aliphatic rings. The van der Waals surface area contributed by atoms with Gasteiger partial charge in [-0.05, 0) is 0 Å². The number of halogens is 1. The Kier molecular flexibility index (Phi) is 223. The predicted octanol–water partition coefficient (Wildman–Crippen LogP) is -3.50. The van der Waals surface area contributed by atoms with E-state index >= 15 is 0 Å². The zero-order valence-electron chi connectivity index (χ0n) is 1.59. The third-order valence-electron chi connectivity index (χ3n) is 0. The normalized spacial score (nSPS) is 0. The van der Waals surface area contributed by atoms with Crippen molar-refractivity contribution in [3.05, 3.63) is 0 Å². The van der Waals surface area contributed by atoms with Crippen molar-refractivity contribution >= 4 is 23.9 Å². The molecule has 0 saturated carbocycles. The van der Waals surface area contributed by atoms with Gasteiger partial charge in [0.15, 0.2) is 0 Å². The maximum Gasteiger partial charge on any atom is 2.00 e. The zero-order valence-corrected chi connectivity index (χ0v) is 6.68. The molecule has 4 heavy (non-hydrogen) atoms. The molecule has 0 unspecified atom stereocenters. The second-order valence-corrected chi connectivity index (χ2v) is 0. The van der Waals surface area contributed by atoms with E-state index in [1.807, 2.05) is 0 Å².